The monoisotopic (exact) mass is 362 g/mol. The van der Waals surface area contributed by atoms with E-state index in [0.29, 0.717) is 33.4 Å². The molecule has 0 atom stereocenters. The second kappa shape index (κ2) is 8.52. The Balaban J connectivity index is 2.03. The maximum Gasteiger partial charge on any atom is 0.248 e. The van der Waals surface area contributed by atoms with E-state index in [9.17, 15) is 9.59 Å². The first kappa shape index (κ1) is 18.0. The van der Waals surface area contributed by atoms with E-state index in [-0.39, 0.29) is 11.8 Å². The number of hydrogen-bond donors (Lipinski definition) is 2. The van der Waals surface area contributed by atoms with E-state index in [1.807, 2.05) is 0 Å². The van der Waals surface area contributed by atoms with Crippen molar-refractivity contribution in [2.24, 2.45) is 0 Å². The Bertz CT molecular complexity index is 788. The van der Waals surface area contributed by atoms with Crippen LogP contribution >= 0.6 is 23.2 Å². The molecule has 4 nitrogen and oxygen atoms in total. The van der Waals surface area contributed by atoms with Crippen molar-refractivity contribution in [3.63, 3.8) is 0 Å². The highest BCUT2D eigenvalue weighted by molar-refractivity contribution is 6.35. The highest BCUT2D eigenvalue weighted by atomic mass is 35.5. The number of halogens is 2. The Morgan fingerprint density at radius 3 is 2.42 bits per heavy atom. The van der Waals surface area contributed by atoms with Gasteiger partial charge < -0.3 is 10.6 Å². The summed E-state index contributed by atoms with van der Waals surface area (Å²) < 4.78 is 0. The number of carbonyl (C=O) groups excluding carboxylic acids is 2. The summed E-state index contributed by atoms with van der Waals surface area (Å²) >= 11 is 11.9. The van der Waals surface area contributed by atoms with Gasteiger partial charge in [-0.1, -0.05) is 42.3 Å². The Morgan fingerprint density at radius 2 is 1.75 bits per heavy atom. The summed E-state index contributed by atoms with van der Waals surface area (Å²) in [6.07, 6.45) is 3.38. The third-order valence-electron chi connectivity index (χ3n) is 3.11. The lowest BCUT2D eigenvalue weighted by Gasteiger charge is -2.07. The van der Waals surface area contributed by atoms with Crippen molar-refractivity contribution in [1.29, 1.82) is 0 Å². The third-order valence-corrected chi connectivity index (χ3v) is 3.67. The summed E-state index contributed by atoms with van der Waals surface area (Å²) in [7, 11) is 0. The Morgan fingerprint density at radius 1 is 1.04 bits per heavy atom. The maximum atomic E-state index is 12.0. The molecule has 0 aliphatic rings. The maximum absolute atomic E-state index is 12.0. The second-order valence-electron chi connectivity index (χ2n) is 4.97. The van der Waals surface area contributed by atoms with Crippen molar-refractivity contribution in [3.8, 4) is 0 Å². The molecule has 0 unspecified atom stereocenters. The van der Waals surface area contributed by atoms with Crippen LogP contribution in [0.4, 0.5) is 11.4 Å². The van der Waals surface area contributed by atoms with E-state index in [1.165, 1.54) is 6.08 Å². The zero-order valence-corrected chi connectivity index (χ0v) is 14.5. The summed E-state index contributed by atoms with van der Waals surface area (Å²) in [5, 5.41) is 6.47. The van der Waals surface area contributed by atoms with E-state index < -0.39 is 0 Å². The topological polar surface area (TPSA) is 58.2 Å². The van der Waals surface area contributed by atoms with Gasteiger partial charge in [-0.2, -0.15) is 0 Å². The van der Waals surface area contributed by atoms with Crippen LogP contribution in [0.1, 0.15) is 18.9 Å². The van der Waals surface area contributed by atoms with Gasteiger partial charge in [0.2, 0.25) is 11.8 Å². The molecule has 0 heterocycles. The van der Waals surface area contributed by atoms with Gasteiger partial charge in [0.05, 0.1) is 0 Å². The smallest absolute Gasteiger partial charge is 0.248 e. The first-order valence-electron chi connectivity index (χ1n) is 7.32. The predicted molar refractivity (Wildman–Crippen MR) is 99.5 cm³/mol. The lowest BCUT2D eigenvalue weighted by atomic mass is 10.2. The standard InChI is InChI=1S/C18H16Cl2N2O2/c1-2-17(23)21-14-4-3-5-15(11-14)22-18(24)9-7-12-6-8-13(19)10-16(12)20/h3-11H,2H2,1H3,(H,21,23)(H,22,24)/b9-7+. The lowest BCUT2D eigenvalue weighted by molar-refractivity contribution is -0.116. The predicted octanol–water partition coefficient (Wildman–Crippen LogP) is 4.99. The number of benzene rings is 2. The average Bonchev–Trinajstić information content (AvgIpc) is 2.54. The molecule has 0 spiro atoms. The highest BCUT2D eigenvalue weighted by Crippen LogP contribution is 2.22. The Hall–Kier alpha value is -2.30. The van der Waals surface area contributed by atoms with E-state index >= 15 is 0 Å². The summed E-state index contributed by atoms with van der Waals surface area (Å²) in [5.74, 6) is -0.393. The first-order valence-corrected chi connectivity index (χ1v) is 8.07. The molecule has 0 radical (unpaired) electrons. The van der Waals surface area contributed by atoms with Crippen molar-refractivity contribution in [3.05, 3.63) is 64.1 Å². The van der Waals surface area contributed by atoms with Gasteiger partial charge >= 0.3 is 0 Å². The van der Waals surface area contributed by atoms with Gasteiger partial charge in [0.25, 0.3) is 0 Å². The number of carbonyl (C=O) groups is 2. The van der Waals surface area contributed by atoms with E-state index in [1.54, 1.807) is 55.5 Å². The van der Waals surface area contributed by atoms with E-state index in [4.69, 9.17) is 23.2 Å². The molecule has 0 fully saturated rings. The fourth-order valence-electron chi connectivity index (χ4n) is 1.91. The number of anilines is 2. The zero-order valence-electron chi connectivity index (χ0n) is 13.0. The van der Waals surface area contributed by atoms with Gasteiger partial charge in [-0.25, -0.2) is 0 Å². The molecule has 2 amide bonds. The number of nitrogens with one attached hydrogen (secondary N) is 2. The highest BCUT2D eigenvalue weighted by Gasteiger charge is 2.03. The van der Waals surface area contributed by atoms with Crippen LogP contribution < -0.4 is 10.6 Å². The largest absolute Gasteiger partial charge is 0.326 e. The number of rotatable bonds is 5. The SMILES string of the molecule is CCC(=O)Nc1cccc(NC(=O)/C=C/c2ccc(Cl)cc2Cl)c1. The zero-order chi connectivity index (χ0) is 17.5. The van der Waals surface area contributed by atoms with Gasteiger partial charge in [0, 0.05) is 33.9 Å². The fourth-order valence-corrected chi connectivity index (χ4v) is 2.38. The van der Waals surface area contributed by atoms with Crippen molar-refractivity contribution in [1.82, 2.24) is 0 Å². The van der Waals surface area contributed by atoms with E-state index in [0.717, 1.165) is 0 Å². The molecule has 0 bridgehead atoms. The van der Waals surface area contributed by atoms with Gasteiger partial charge in [0.1, 0.15) is 0 Å². The van der Waals surface area contributed by atoms with Crippen LogP contribution in [0.2, 0.25) is 10.0 Å². The van der Waals surface area contributed by atoms with Crippen molar-refractivity contribution < 1.29 is 9.59 Å². The fraction of sp³-hybridized carbons (Fsp3) is 0.111. The molecule has 2 N–H and O–H groups in total. The molecule has 124 valence electrons. The lowest BCUT2D eigenvalue weighted by Crippen LogP contribution is -2.11. The minimum absolute atomic E-state index is 0.0873. The molecule has 0 aromatic heterocycles. The van der Waals surface area contributed by atoms with Crippen LogP contribution in [0.15, 0.2) is 48.5 Å². The quantitative estimate of drug-likeness (QED) is 0.735. The molecular weight excluding hydrogens is 347 g/mol. The molecule has 0 aliphatic heterocycles. The molecule has 0 aliphatic carbocycles. The molecular formula is C18H16Cl2N2O2. The molecule has 0 saturated carbocycles. The van der Waals surface area contributed by atoms with Gasteiger partial charge in [-0.15, -0.1) is 0 Å². The van der Waals surface area contributed by atoms with Crippen LogP contribution in [0.3, 0.4) is 0 Å². The van der Waals surface area contributed by atoms with Gasteiger partial charge in [-0.3, -0.25) is 9.59 Å². The Labute approximate surface area is 150 Å². The van der Waals surface area contributed by atoms with Crippen molar-refractivity contribution >= 4 is 52.5 Å². The second-order valence-corrected chi connectivity index (χ2v) is 5.81. The molecule has 2 aromatic rings. The van der Waals surface area contributed by atoms with Gasteiger partial charge in [-0.05, 0) is 42.0 Å². The summed E-state index contributed by atoms with van der Waals surface area (Å²) in [6, 6.07) is 12.0. The van der Waals surface area contributed by atoms with Crippen LogP contribution in [0.25, 0.3) is 6.08 Å². The van der Waals surface area contributed by atoms with Crippen molar-refractivity contribution in [2.75, 3.05) is 10.6 Å². The Kier molecular flexibility index (Phi) is 6.41. The first-order chi connectivity index (χ1) is 11.5. The van der Waals surface area contributed by atoms with Crippen LogP contribution in [-0.4, -0.2) is 11.8 Å². The molecule has 0 saturated heterocycles. The van der Waals surface area contributed by atoms with Crippen LogP contribution in [-0.2, 0) is 9.59 Å². The van der Waals surface area contributed by atoms with Crippen molar-refractivity contribution in [2.45, 2.75) is 13.3 Å². The van der Waals surface area contributed by atoms with E-state index in [2.05, 4.69) is 10.6 Å². The minimum atomic E-state index is -0.306. The minimum Gasteiger partial charge on any atom is -0.326 e. The van der Waals surface area contributed by atoms with Crippen LogP contribution in [0, 0.1) is 0 Å². The third kappa shape index (κ3) is 5.41. The molecule has 2 aromatic carbocycles. The number of hydrogen-bond acceptors (Lipinski definition) is 2. The number of amides is 2. The normalized spacial score (nSPS) is 10.6. The molecule has 2 rings (SSSR count). The average molecular weight is 363 g/mol. The summed E-state index contributed by atoms with van der Waals surface area (Å²) in [6.45, 7) is 1.77. The van der Waals surface area contributed by atoms with Crippen LogP contribution in [0.5, 0.6) is 0 Å². The molecule has 24 heavy (non-hydrogen) atoms. The summed E-state index contributed by atoms with van der Waals surface area (Å²) in [5.41, 5.74) is 1.91. The summed E-state index contributed by atoms with van der Waals surface area (Å²) in [4.78, 5) is 23.4. The molecule has 6 heteroatoms. The van der Waals surface area contributed by atoms with Gasteiger partial charge in [0.15, 0.2) is 0 Å².